The Balaban J connectivity index is 1.81. The molecule has 1 aromatic heterocycles. The standard InChI is InChI=1S/C15H15NO2/c17-10-12-2-1-3-15(16-12)11-4-6-13(7-5-11)18-14-8-9-14/h1-7,14,17H,8-10H2. The van der Waals surface area contributed by atoms with Gasteiger partial charge >= 0.3 is 0 Å². The van der Waals surface area contributed by atoms with Gasteiger partial charge in [-0.05, 0) is 49.2 Å². The minimum atomic E-state index is -0.0310. The molecule has 1 fully saturated rings. The predicted octanol–water partition coefficient (Wildman–Crippen LogP) is 2.78. The van der Waals surface area contributed by atoms with E-state index < -0.39 is 0 Å². The zero-order valence-electron chi connectivity index (χ0n) is 10.0. The normalized spacial score (nSPS) is 14.5. The van der Waals surface area contributed by atoms with Gasteiger partial charge in [0.05, 0.1) is 24.1 Å². The van der Waals surface area contributed by atoms with Crippen LogP contribution in [0.4, 0.5) is 0 Å². The molecular formula is C15H15NO2. The van der Waals surface area contributed by atoms with E-state index in [1.165, 1.54) is 12.8 Å². The third-order valence-corrected chi connectivity index (χ3v) is 2.95. The van der Waals surface area contributed by atoms with Crippen LogP contribution in [0.3, 0.4) is 0 Å². The van der Waals surface area contributed by atoms with Gasteiger partial charge in [0.2, 0.25) is 0 Å². The van der Waals surface area contributed by atoms with Gasteiger partial charge in [-0.3, -0.25) is 4.98 Å². The summed E-state index contributed by atoms with van der Waals surface area (Å²) in [6.45, 7) is -0.0310. The number of ether oxygens (including phenoxy) is 1. The maximum atomic E-state index is 9.08. The largest absolute Gasteiger partial charge is 0.490 e. The van der Waals surface area contributed by atoms with Crippen molar-refractivity contribution in [2.24, 2.45) is 0 Å². The lowest BCUT2D eigenvalue weighted by atomic mass is 10.1. The summed E-state index contributed by atoms with van der Waals surface area (Å²) in [4.78, 5) is 4.37. The number of aliphatic hydroxyl groups excluding tert-OH is 1. The molecule has 1 aliphatic carbocycles. The number of aliphatic hydroxyl groups is 1. The average Bonchev–Trinajstić information content (AvgIpc) is 3.24. The molecule has 0 amide bonds. The Kier molecular flexibility index (Phi) is 2.99. The highest BCUT2D eigenvalue weighted by molar-refractivity contribution is 5.60. The Morgan fingerprint density at radius 1 is 1.11 bits per heavy atom. The van der Waals surface area contributed by atoms with E-state index in [0.29, 0.717) is 11.8 Å². The minimum absolute atomic E-state index is 0.0310. The van der Waals surface area contributed by atoms with Crippen LogP contribution in [0.2, 0.25) is 0 Å². The Bertz CT molecular complexity index is 532. The molecule has 0 radical (unpaired) electrons. The first kappa shape index (κ1) is 11.2. The van der Waals surface area contributed by atoms with Crippen LogP contribution in [0.5, 0.6) is 5.75 Å². The summed E-state index contributed by atoms with van der Waals surface area (Å²) in [5.41, 5.74) is 2.60. The second-order valence-electron chi connectivity index (χ2n) is 4.51. The highest BCUT2D eigenvalue weighted by Crippen LogP contribution is 2.28. The van der Waals surface area contributed by atoms with Crippen LogP contribution in [0.15, 0.2) is 42.5 Å². The quantitative estimate of drug-likeness (QED) is 0.895. The zero-order valence-corrected chi connectivity index (χ0v) is 10.0. The smallest absolute Gasteiger partial charge is 0.119 e. The van der Waals surface area contributed by atoms with E-state index in [1.54, 1.807) is 0 Å². The van der Waals surface area contributed by atoms with Crippen molar-refractivity contribution >= 4 is 0 Å². The van der Waals surface area contributed by atoms with Crippen LogP contribution in [0.25, 0.3) is 11.3 Å². The van der Waals surface area contributed by atoms with Gasteiger partial charge in [0.25, 0.3) is 0 Å². The van der Waals surface area contributed by atoms with Crippen LogP contribution in [0, 0.1) is 0 Å². The van der Waals surface area contributed by atoms with Gasteiger partial charge in [0, 0.05) is 5.56 Å². The molecule has 18 heavy (non-hydrogen) atoms. The Hall–Kier alpha value is -1.87. The van der Waals surface area contributed by atoms with Crippen LogP contribution in [0.1, 0.15) is 18.5 Å². The third-order valence-electron chi connectivity index (χ3n) is 2.95. The zero-order chi connectivity index (χ0) is 12.4. The summed E-state index contributed by atoms with van der Waals surface area (Å²) in [6.07, 6.45) is 2.76. The van der Waals surface area contributed by atoms with Crippen LogP contribution < -0.4 is 4.74 Å². The second kappa shape index (κ2) is 4.78. The average molecular weight is 241 g/mol. The maximum Gasteiger partial charge on any atom is 0.119 e. The van der Waals surface area contributed by atoms with Crippen molar-refractivity contribution in [3.05, 3.63) is 48.2 Å². The monoisotopic (exact) mass is 241 g/mol. The molecule has 0 spiro atoms. The summed E-state index contributed by atoms with van der Waals surface area (Å²) in [7, 11) is 0. The predicted molar refractivity (Wildman–Crippen MR) is 69.2 cm³/mol. The van der Waals surface area contributed by atoms with Crippen molar-refractivity contribution in [2.75, 3.05) is 0 Å². The fourth-order valence-electron chi connectivity index (χ4n) is 1.81. The van der Waals surface area contributed by atoms with Crippen molar-refractivity contribution < 1.29 is 9.84 Å². The lowest BCUT2D eigenvalue weighted by Gasteiger charge is -2.06. The highest BCUT2D eigenvalue weighted by atomic mass is 16.5. The molecule has 1 N–H and O–H groups in total. The van der Waals surface area contributed by atoms with Gasteiger partial charge in [-0.25, -0.2) is 0 Å². The van der Waals surface area contributed by atoms with Crippen LogP contribution in [-0.2, 0) is 6.61 Å². The fraction of sp³-hybridized carbons (Fsp3) is 0.267. The van der Waals surface area contributed by atoms with E-state index in [2.05, 4.69) is 4.98 Å². The molecule has 3 nitrogen and oxygen atoms in total. The molecule has 1 heterocycles. The van der Waals surface area contributed by atoms with E-state index in [9.17, 15) is 0 Å². The minimum Gasteiger partial charge on any atom is -0.490 e. The van der Waals surface area contributed by atoms with Gasteiger partial charge in [-0.2, -0.15) is 0 Å². The Morgan fingerprint density at radius 2 is 1.89 bits per heavy atom. The topological polar surface area (TPSA) is 42.4 Å². The van der Waals surface area contributed by atoms with Gasteiger partial charge in [0.15, 0.2) is 0 Å². The van der Waals surface area contributed by atoms with E-state index in [4.69, 9.17) is 9.84 Å². The Morgan fingerprint density at radius 3 is 2.56 bits per heavy atom. The SMILES string of the molecule is OCc1cccc(-c2ccc(OC3CC3)cc2)n1. The van der Waals surface area contributed by atoms with Gasteiger partial charge in [0.1, 0.15) is 5.75 Å². The van der Waals surface area contributed by atoms with Gasteiger partial charge < -0.3 is 9.84 Å². The fourth-order valence-corrected chi connectivity index (χ4v) is 1.81. The molecule has 1 saturated carbocycles. The molecular weight excluding hydrogens is 226 g/mol. The van der Waals surface area contributed by atoms with E-state index >= 15 is 0 Å². The number of nitrogens with zero attached hydrogens (tertiary/aromatic N) is 1. The van der Waals surface area contributed by atoms with Gasteiger partial charge in [-0.15, -0.1) is 0 Å². The van der Waals surface area contributed by atoms with Crippen molar-refractivity contribution in [1.29, 1.82) is 0 Å². The molecule has 1 aliphatic rings. The second-order valence-corrected chi connectivity index (χ2v) is 4.51. The Labute approximate surface area is 106 Å². The molecule has 0 unspecified atom stereocenters. The number of pyridine rings is 1. The summed E-state index contributed by atoms with van der Waals surface area (Å²) in [6, 6.07) is 13.6. The van der Waals surface area contributed by atoms with E-state index in [-0.39, 0.29) is 6.61 Å². The third kappa shape index (κ3) is 2.51. The molecule has 3 heteroatoms. The summed E-state index contributed by atoms with van der Waals surface area (Å²) >= 11 is 0. The number of hydrogen-bond acceptors (Lipinski definition) is 3. The summed E-state index contributed by atoms with van der Waals surface area (Å²) < 4.78 is 5.70. The lowest BCUT2D eigenvalue weighted by molar-refractivity contribution is 0.277. The number of hydrogen-bond donors (Lipinski definition) is 1. The van der Waals surface area contributed by atoms with Crippen molar-refractivity contribution in [3.8, 4) is 17.0 Å². The number of aromatic nitrogens is 1. The lowest BCUT2D eigenvalue weighted by Crippen LogP contribution is -1.95. The first-order valence-corrected chi connectivity index (χ1v) is 6.19. The molecule has 0 bridgehead atoms. The molecule has 0 atom stereocenters. The van der Waals surface area contributed by atoms with E-state index in [1.807, 2.05) is 42.5 Å². The number of rotatable bonds is 4. The van der Waals surface area contributed by atoms with E-state index in [0.717, 1.165) is 17.0 Å². The van der Waals surface area contributed by atoms with Crippen molar-refractivity contribution in [2.45, 2.75) is 25.6 Å². The molecule has 1 aromatic carbocycles. The summed E-state index contributed by atoms with van der Waals surface area (Å²) in [5.74, 6) is 0.916. The maximum absolute atomic E-state index is 9.08. The molecule has 2 aromatic rings. The van der Waals surface area contributed by atoms with Crippen molar-refractivity contribution in [3.63, 3.8) is 0 Å². The molecule has 3 rings (SSSR count). The number of benzene rings is 1. The van der Waals surface area contributed by atoms with Crippen molar-refractivity contribution in [1.82, 2.24) is 4.98 Å². The molecule has 92 valence electrons. The van der Waals surface area contributed by atoms with Gasteiger partial charge in [-0.1, -0.05) is 6.07 Å². The molecule has 0 saturated heterocycles. The first-order chi connectivity index (χ1) is 8.85. The molecule has 0 aliphatic heterocycles. The highest BCUT2D eigenvalue weighted by Gasteiger charge is 2.23. The summed E-state index contributed by atoms with van der Waals surface area (Å²) in [5, 5.41) is 9.08. The van der Waals surface area contributed by atoms with Crippen LogP contribution in [-0.4, -0.2) is 16.2 Å². The first-order valence-electron chi connectivity index (χ1n) is 6.19. The van der Waals surface area contributed by atoms with Crippen LogP contribution >= 0.6 is 0 Å².